The van der Waals surface area contributed by atoms with Crippen molar-refractivity contribution in [3.05, 3.63) is 83.0 Å². The predicted octanol–water partition coefficient (Wildman–Crippen LogP) is 5.16. The number of aryl methyl sites for hydroxylation is 3. The van der Waals surface area contributed by atoms with Crippen LogP contribution in [0.2, 0.25) is 0 Å². The van der Waals surface area contributed by atoms with E-state index in [9.17, 15) is 4.79 Å². The molecule has 0 fully saturated rings. The van der Waals surface area contributed by atoms with Gasteiger partial charge in [-0.2, -0.15) is 5.10 Å². The molecule has 0 bridgehead atoms. The monoisotopic (exact) mass is 430 g/mol. The average molecular weight is 431 g/mol. The van der Waals surface area contributed by atoms with Crippen LogP contribution < -0.4 is 10.1 Å². The molecule has 0 aliphatic rings. The number of carbonyl (C=O) groups is 1. The first-order valence-electron chi connectivity index (χ1n) is 10.5. The lowest BCUT2D eigenvalue weighted by atomic mass is 10.1. The number of ether oxygens (including phenoxy) is 1. The van der Waals surface area contributed by atoms with E-state index in [1.165, 1.54) is 0 Å². The van der Waals surface area contributed by atoms with Gasteiger partial charge >= 0.3 is 0 Å². The zero-order valence-electron chi connectivity index (χ0n) is 18.7. The van der Waals surface area contributed by atoms with E-state index in [1.807, 2.05) is 62.7 Å². The Hall–Kier alpha value is -3.87. The first-order chi connectivity index (χ1) is 15.4. The maximum Gasteiger partial charge on any atom is 0.255 e. The van der Waals surface area contributed by atoms with Crippen molar-refractivity contribution in [2.24, 2.45) is 0 Å². The number of nitrogens with zero attached hydrogens (tertiary/aromatic N) is 3. The number of carbonyl (C=O) groups excluding carboxylic acids is 1. The van der Waals surface area contributed by atoms with Crippen LogP contribution in [0, 0.1) is 20.8 Å². The highest BCUT2D eigenvalue weighted by atomic mass is 16.5. The maximum absolute atomic E-state index is 12.5. The molecule has 2 aromatic carbocycles. The zero-order chi connectivity index (χ0) is 22.7. The fourth-order valence-corrected chi connectivity index (χ4v) is 3.44. The number of anilines is 1. The van der Waals surface area contributed by atoms with Crippen molar-refractivity contribution in [1.29, 1.82) is 0 Å². The summed E-state index contributed by atoms with van der Waals surface area (Å²) in [5.74, 6) is 1.87. The summed E-state index contributed by atoms with van der Waals surface area (Å²) in [6, 6.07) is 16.5. The number of amides is 1. The zero-order valence-corrected chi connectivity index (χ0v) is 18.7. The first-order valence-corrected chi connectivity index (χ1v) is 10.5. The summed E-state index contributed by atoms with van der Waals surface area (Å²) in [4.78, 5) is 17.2. The van der Waals surface area contributed by atoms with Crippen LogP contribution >= 0.6 is 0 Å². The van der Waals surface area contributed by atoms with Crippen molar-refractivity contribution in [2.75, 3.05) is 11.9 Å². The van der Waals surface area contributed by atoms with Crippen LogP contribution in [0.4, 0.5) is 5.69 Å². The van der Waals surface area contributed by atoms with Crippen LogP contribution in [0.3, 0.4) is 0 Å². The number of hydrogen-bond acceptors (Lipinski definition) is 5. The SMILES string of the molecule is CCOc1ccc(C(=O)Nc2ccc(-c3nc(Cn4nc(C)cc4C)c(C)o3)cc2)cc1. The quantitative estimate of drug-likeness (QED) is 0.438. The second kappa shape index (κ2) is 9.09. The molecule has 0 radical (unpaired) electrons. The lowest BCUT2D eigenvalue weighted by Gasteiger charge is -2.07. The molecule has 1 N–H and O–H groups in total. The summed E-state index contributed by atoms with van der Waals surface area (Å²) in [7, 11) is 0. The van der Waals surface area contributed by atoms with E-state index >= 15 is 0 Å². The molecular formula is C25H26N4O3. The molecule has 0 aliphatic heterocycles. The van der Waals surface area contributed by atoms with E-state index in [4.69, 9.17) is 9.15 Å². The molecule has 0 atom stereocenters. The molecule has 0 saturated carbocycles. The van der Waals surface area contributed by atoms with Crippen LogP contribution in [0.5, 0.6) is 5.75 Å². The lowest BCUT2D eigenvalue weighted by molar-refractivity contribution is 0.102. The molecule has 0 unspecified atom stereocenters. The third-order valence-corrected chi connectivity index (χ3v) is 5.11. The molecule has 1 amide bonds. The molecule has 2 aromatic heterocycles. The van der Waals surface area contributed by atoms with Gasteiger partial charge in [-0.3, -0.25) is 9.48 Å². The lowest BCUT2D eigenvalue weighted by Crippen LogP contribution is -2.11. The fraction of sp³-hybridized carbons (Fsp3) is 0.240. The van der Waals surface area contributed by atoms with E-state index < -0.39 is 0 Å². The van der Waals surface area contributed by atoms with Crippen LogP contribution in [-0.4, -0.2) is 27.3 Å². The molecule has 4 rings (SSSR count). The second-order valence-corrected chi connectivity index (χ2v) is 7.60. The van der Waals surface area contributed by atoms with Gasteiger partial charge in [0.15, 0.2) is 0 Å². The maximum atomic E-state index is 12.5. The Morgan fingerprint density at radius 2 is 1.78 bits per heavy atom. The molecule has 2 heterocycles. The number of nitrogens with one attached hydrogen (secondary N) is 1. The minimum atomic E-state index is -0.181. The van der Waals surface area contributed by atoms with Gasteiger partial charge in [0, 0.05) is 22.5 Å². The number of aromatic nitrogens is 3. The molecule has 0 aliphatic carbocycles. The van der Waals surface area contributed by atoms with Crippen molar-refractivity contribution in [3.63, 3.8) is 0 Å². The second-order valence-electron chi connectivity index (χ2n) is 7.60. The summed E-state index contributed by atoms with van der Waals surface area (Å²) >= 11 is 0. The van der Waals surface area contributed by atoms with Gasteiger partial charge in [0.05, 0.1) is 18.8 Å². The standard InChI is InChI=1S/C25H26N4O3/c1-5-31-22-12-8-19(9-13-22)24(30)26-21-10-6-20(7-11-21)25-27-23(18(4)32-25)15-29-17(3)14-16(2)28-29/h6-14H,5,15H2,1-4H3,(H,26,30). The largest absolute Gasteiger partial charge is 0.494 e. The highest BCUT2D eigenvalue weighted by Gasteiger charge is 2.14. The van der Waals surface area contributed by atoms with Crippen molar-refractivity contribution in [3.8, 4) is 17.2 Å². The average Bonchev–Trinajstić information content (AvgIpc) is 3.30. The van der Waals surface area contributed by atoms with Crippen molar-refractivity contribution in [2.45, 2.75) is 34.2 Å². The summed E-state index contributed by atoms with van der Waals surface area (Å²) < 4.78 is 13.2. The molecular weight excluding hydrogens is 404 g/mol. The number of rotatable bonds is 7. The number of benzene rings is 2. The van der Waals surface area contributed by atoms with Gasteiger partial charge in [0.25, 0.3) is 5.91 Å². The number of oxazole rings is 1. The Kier molecular flexibility index (Phi) is 6.07. The van der Waals surface area contributed by atoms with Gasteiger partial charge in [-0.1, -0.05) is 0 Å². The molecule has 0 spiro atoms. The van der Waals surface area contributed by atoms with Crippen LogP contribution in [0.25, 0.3) is 11.5 Å². The minimum absolute atomic E-state index is 0.181. The van der Waals surface area contributed by atoms with E-state index in [0.717, 1.165) is 34.2 Å². The summed E-state index contributed by atoms with van der Waals surface area (Å²) in [5, 5.41) is 7.40. The van der Waals surface area contributed by atoms with E-state index in [0.29, 0.717) is 30.3 Å². The van der Waals surface area contributed by atoms with Crippen molar-refractivity contribution in [1.82, 2.24) is 14.8 Å². The van der Waals surface area contributed by atoms with E-state index in [-0.39, 0.29) is 5.91 Å². The third kappa shape index (κ3) is 4.72. The Labute approximate surface area is 187 Å². The molecule has 164 valence electrons. The van der Waals surface area contributed by atoms with Crippen molar-refractivity contribution < 1.29 is 13.9 Å². The summed E-state index contributed by atoms with van der Waals surface area (Å²) in [5.41, 5.74) is 5.00. The van der Waals surface area contributed by atoms with E-state index in [1.54, 1.807) is 24.3 Å². The van der Waals surface area contributed by atoms with Gasteiger partial charge in [-0.05, 0) is 82.3 Å². The molecule has 7 nitrogen and oxygen atoms in total. The Balaban J connectivity index is 1.44. The molecule has 0 saturated heterocycles. The Morgan fingerprint density at radius 1 is 1.06 bits per heavy atom. The number of hydrogen-bond donors (Lipinski definition) is 1. The van der Waals surface area contributed by atoms with E-state index in [2.05, 4.69) is 15.4 Å². The van der Waals surface area contributed by atoms with Gasteiger partial charge < -0.3 is 14.5 Å². The van der Waals surface area contributed by atoms with Crippen LogP contribution in [-0.2, 0) is 6.54 Å². The summed E-state index contributed by atoms with van der Waals surface area (Å²) in [6.45, 7) is 8.98. The minimum Gasteiger partial charge on any atom is -0.494 e. The molecule has 4 aromatic rings. The third-order valence-electron chi connectivity index (χ3n) is 5.11. The first kappa shape index (κ1) is 21.4. The Morgan fingerprint density at radius 3 is 2.41 bits per heavy atom. The normalized spacial score (nSPS) is 10.9. The molecule has 7 heteroatoms. The molecule has 32 heavy (non-hydrogen) atoms. The predicted molar refractivity (Wildman–Crippen MR) is 123 cm³/mol. The summed E-state index contributed by atoms with van der Waals surface area (Å²) in [6.07, 6.45) is 0. The van der Waals surface area contributed by atoms with Crippen molar-refractivity contribution >= 4 is 11.6 Å². The van der Waals surface area contributed by atoms with Gasteiger partial charge in [-0.25, -0.2) is 4.98 Å². The van der Waals surface area contributed by atoms with Gasteiger partial charge in [0.1, 0.15) is 17.2 Å². The smallest absolute Gasteiger partial charge is 0.255 e. The van der Waals surface area contributed by atoms with Crippen LogP contribution in [0.1, 0.15) is 40.1 Å². The van der Waals surface area contributed by atoms with Gasteiger partial charge in [0.2, 0.25) is 5.89 Å². The highest BCUT2D eigenvalue weighted by molar-refractivity contribution is 6.04. The highest BCUT2D eigenvalue weighted by Crippen LogP contribution is 2.24. The topological polar surface area (TPSA) is 82.2 Å². The Bertz CT molecular complexity index is 1220. The fourth-order valence-electron chi connectivity index (χ4n) is 3.44. The van der Waals surface area contributed by atoms with Crippen LogP contribution in [0.15, 0.2) is 59.0 Å². The van der Waals surface area contributed by atoms with Gasteiger partial charge in [-0.15, -0.1) is 0 Å².